The minimum absolute atomic E-state index is 0.0385. The second-order valence-corrected chi connectivity index (χ2v) is 11.8. The minimum atomic E-state index is -4.02. The summed E-state index contributed by atoms with van der Waals surface area (Å²) in [7, 11) is -7.99. The second-order valence-electron chi connectivity index (χ2n) is 8.55. The van der Waals surface area contributed by atoms with Crippen molar-refractivity contribution in [1.82, 2.24) is 0 Å². The van der Waals surface area contributed by atoms with Gasteiger partial charge in [0, 0.05) is 12.5 Å². The summed E-state index contributed by atoms with van der Waals surface area (Å²) in [5.41, 5.74) is 1.86. The molecule has 0 bridgehead atoms. The van der Waals surface area contributed by atoms with Crippen LogP contribution in [-0.4, -0.2) is 49.1 Å². The maximum Gasteiger partial charge on any atom is 0.297 e. The SMILES string of the molecule is Cc1ccc(S(=O)(=O)OC[C@H](C)[C@@H](COS(=O)(=O)c2ccc(C)cc2)OC2CCCCO2)cc1. The number of rotatable bonds is 11. The van der Waals surface area contributed by atoms with E-state index in [-0.39, 0.29) is 23.0 Å². The van der Waals surface area contributed by atoms with E-state index in [9.17, 15) is 16.8 Å². The van der Waals surface area contributed by atoms with Crippen LogP contribution in [0.4, 0.5) is 0 Å². The van der Waals surface area contributed by atoms with Gasteiger partial charge in [-0.15, -0.1) is 0 Å². The molecular weight excluding hydrogens is 480 g/mol. The van der Waals surface area contributed by atoms with Gasteiger partial charge in [0.05, 0.1) is 29.1 Å². The Hall–Kier alpha value is -1.82. The van der Waals surface area contributed by atoms with Crippen LogP contribution in [0.3, 0.4) is 0 Å². The van der Waals surface area contributed by atoms with Gasteiger partial charge in [0.2, 0.25) is 0 Å². The van der Waals surface area contributed by atoms with Crippen LogP contribution in [0.5, 0.6) is 0 Å². The lowest BCUT2D eigenvalue weighted by Crippen LogP contribution is -2.37. The third-order valence-corrected chi connectivity index (χ3v) is 8.18. The molecule has 1 aliphatic rings. The van der Waals surface area contributed by atoms with Gasteiger partial charge >= 0.3 is 0 Å². The fourth-order valence-electron chi connectivity index (χ4n) is 3.36. The third-order valence-electron chi connectivity index (χ3n) is 5.59. The van der Waals surface area contributed by atoms with Gasteiger partial charge in [-0.1, -0.05) is 42.3 Å². The van der Waals surface area contributed by atoms with Crippen LogP contribution in [-0.2, 0) is 38.1 Å². The first kappa shape index (κ1) is 26.8. The number of ether oxygens (including phenoxy) is 2. The maximum absolute atomic E-state index is 12.7. The summed E-state index contributed by atoms with van der Waals surface area (Å²) in [5.74, 6) is -0.501. The lowest BCUT2D eigenvalue weighted by atomic mass is 10.1. The van der Waals surface area contributed by atoms with E-state index in [1.165, 1.54) is 24.3 Å². The average Bonchev–Trinajstić information content (AvgIpc) is 2.81. The molecule has 3 rings (SSSR count). The Kier molecular flexibility index (Phi) is 9.25. The quantitative estimate of drug-likeness (QED) is 0.417. The highest BCUT2D eigenvalue weighted by Crippen LogP contribution is 2.23. The van der Waals surface area contributed by atoms with Crippen molar-refractivity contribution in [3.63, 3.8) is 0 Å². The molecule has 1 aliphatic heterocycles. The van der Waals surface area contributed by atoms with E-state index in [4.69, 9.17) is 17.8 Å². The summed E-state index contributed by atoms with van der Waals surface area (Å²) in [6.45, 7) is 5.48. The van der Waals surface area contributed by atoms with Crippen molar-refractivity contribution in [2.75, 3.05) is 19.8 Å². The first-order valence-electron chi connectivity index (χ1n) is 11.3. The minimum Gasteiger partial charge on any atom is -0.353 e. The number of hydrogen-bond acceptors (Lipinski definition) is 8. The Morgan fingerprint density at radius 2 is 1.32 bits per heavy atom. The highest BCUT2D eigenvalue weighted by molar-refractivity contribution is 7.87. The Morgan fingerprint density at radius 3 is 1.79 bits per heavy atom. The van der Waals surface area contributed by atoms with Crippen LogP contribution in [0, 0.1) is 19.8 Å². The van der Waals surface area contributed by atoms with Crippen molar-refractivity contribution >= 4 is 20.2 Å². The van der Waals surface area contributed by atoms with Gasteiger partial charge in [0.15, 0.2) is 6.29 Å². The van der Waals surface area contributed by atoms with Gasteiger partial charge < -0.3 is 9.47 Å². The van der Waals surface area contributed by atoms with Crippen molar-refractivity contribution in [2.24, 2.45) is 5.92 Å². The van der Waals surface area contributed by atoms with Crippen molar-refractivity contribution in [2.45, 2.75) is 62.2 Å². The van der Waals surface area contributed by atoms with Crippen molar-refractivity contribution in [1.29, 1.82) is 0 Å². The molecule has 8 nitrogen and oxygen atoms in total. The lowest BCUT2D eigenvalue weighted by molar-refractivity contribution is -0.204. The predicted octanol–water partition coefficient (Wildman–Crippen LogP) is 3.96. The van der Waals surface area contributed by atoms with Crippen molar-refractivity contribution in [3.8, 4) is 0 Å². The molecule has 1 fully saturated rings. The van der Waals surface area contributed by atoms with Crippen LogP contribution in [0.1, 0.15) is 37.3 Å². The van der Waals surface area contributed by atoms with Crippen LogP contribution >= 0.6 is 0 Å². The predicted molar refractivity (Wildman–Crippen MR) is 126 cm³/mol. The zero-order valence-corrected chi connectivity index (χ0v) is 21.3. The summed E-state index contributed by atoms with van der Waals surface area (Å²) < 4.78 is 72.7. The molecule has 10 heteroatoms. The Bertz CT molecular complexity index is 1120. The molecule has 0 aromatic heterocycles. The van der Waals surface area contributed by atoms with Gasteiger partial charge in [-0.3, -0.25) is 8.37 Å². The van der Waals surface area contributed by atoms with Crippen LogP contribution in [0.25, 0.3) is 0 Å². The molecule has 0 saturated carbocycles. The number of aryl methyl sites for hydroxylation is 2. The molecule has 2 aromatic rings. The topological polar surface area (TPSA) is 105 Å². The van der Waals surface area contributed by atoms with E-state index in [0.29, 0.717) is 13.0 Å². The smallest absolute Gasteiger partial charge is 0.297 e. The van der Waals surface area contributed by atoms with Gasteiger partial charge in [-0.25, -0.2) is 0 Å². The third kappa shape index (κ3) is 7.59. The molecule has 0 amide bonds. The van der Waals surface area contributed by atoms with Gasteiger partial charge in [0.1, 0.15) is 0 Å². The summed E-state index contributed by atoms with van der Waals surface area (Å²) in [6, 6.07) is 12.7. The molecule has 1 unspecified atom stereocenters. The lowest BCUT2D eigenvalue weighted by Gasteiger charge is -2.30. The summed E-state index contributed by atoms with van der Waals surface area (Å²) >= 11 is 0. The van der Waals surface area contributed by atoms with E-state index in [0.717, 1.165) is 24.0 Å². The van der Waals surface area contributed by atoms with Crippen LogP contribution in [0.15, 0.2) is 58.3 Å². The summed E-state index contributed by atoms with van der Waals surface area (Å²) in [5, 5.41) is 0. The molecule has 0 N–H and O–H groups in total. The molecule has 0 aliphatic carbocycles. The first-order chi connectivity index (χ1) is 16.1. The van der Waals surface area contributed by atoms with Gasteiger partial charge in [0.25, 0.3) is 20.2 Å². The highest BCUT2D eigenvalue weighted by atomic mass is 32.2. The summed E-state index contributed by atoms with van der Waals surface area (Å²) in [4.78, 5) is 0.0909. The van der Waals surface area contributed by atoms with E-state index >= 15 is 0 Å². The Labute approximate surface area is 202 Å². The average molecular weight is 513 g/mol. The Balaban J connectivity index is 1.68. The number of benzene rings is 2. The fourth-order valence-corrected chi connectivity index (χ4v) is 5.28. The normalized spacial score (nSPS) is 19.0. The first-order valence-corrected chi connectivity index (χ1v) is 14.1. The summed E-state index contributed by atoms with van der Waals surface area (Å²) in [6.07, 6.45) is 1.23. The van der Waals surface area contributed by atoms with Crippen LogP contribution in [0.2, 0.25) is 0 Å². The largest absolute Gasteiger partial charge is 0.353 e. The zero-order valence-electron chi connectivity index (χ0n) is 19.7. The molecule has 1 saturated heterocycles. The molecule has 0 radical (unpaired) electrons. The van der Waals surface area contributed by atoms with E-state index in [2.05, 4.69) is 0 Å². The number of hydrogen-bond donors (Lipinski definition) is 0. The Morgan fingerprint density at radius 1 is 0.824 bits per heavy atom. The van der Waals surface area contributed by atoms with Crippen LogP contribution < -0.4 is 0 Å². The highest BCUT2D eigenvalue weighted by Gasteiger charge is 2.29. The fraction of sp³-hybridized carbons (Fsp3) is 0.500. The maximum atomic E-state index is 12.7. The van der Waals surface area contributed by atoms with Crippen molar-refractivity contribution in [3.05, 3.63) is 59.7 Å². The van der Waals surface area contributed by atoms with E-state index in [1.54, 1.807) is 31.2 Å². The molecular formula is C24H32O8S2. The molecule has 188 valence electrons. The zero-order chi connectivity index (χ0) is 24.8. The van der Waals surface area contributed by atoms with Gasteiger partial charge in [-0.2, -0.15) is 16.8 Å². The second kappa shape index (κ2) is 11.7. The molecule has 34 heavy (non-hydrogen) atoms. The monoisotopic (exact) mass is 512 g/mol. The van der Waals surface area contributed by atoms with E-state index in [1.807, 2.05) is 13.8 Å². The molecule has 0 spiro atoms. The molecule has 3 atom stereocenters. The van der Waals surface area contributed by atoms with E-state index < -0.39 is 38.5 Å². The molecule has 2 aromatic carbocycles. The molecule has 1 heterocycles. The van der Waals surface area contributed by atoms with Gasteiger partial charge in [-0.05, 0) is 57.4 Å². The standard InChI is InChI=1S/C24H32O8S2/c1-18-7-11-21(12-8-18)33(25,26)30-16-20(3)23(32-24-6-4-5-15-29-24)17-31-34(27,28)22-13-9-19(2)10-14-22/h7-14,20,23-24H,4-6,15-17H2,1-3H3/t20-,23+,24?/m0/s1. The van der Waals surface area contributed by atoms with Crippen molar-refractivity contribution < 1.29 is 34.7 Å².